The number of aliphatic hydroxyl groups is 1. The molecule has 0 aliphatic heterocycles. The number of ether oxygens (including phenoxy) is 1. The number of alkyl carbamates (subject to hydrolysis) is 1. The third-order valence-corrected chi connectivity index (χ3v) is 5.89. The van der Waals surface area contributed by atoms with Crippen LogP contribution < -0.4 is 10.6 Å². The molecule has 8 heteroatoms. The monoisotopic (exact) mass is 492 g/mol. The Balaban J connectivity index is 1.75. The lowest BCUT2D eigenvalue weighted by molar-refractivity contribution is -0.125. The molecule has 0 bridgehead atoms. The molecule has 3 atom stereocenters. The Kier molecular flexibility index (Phi) is 9.25. The van der Waals surface area contributed by atoms with Gasteiger partial charge in [-0.3, -0.25) is 9.89 Å². The fourth-order valence-electron chi connectivity index (χ4n) is 4.00. The number of H-pyrrole nitrogens is 1. The molecule has 192 valence electrons. The standard InChI is InChI=1S/C28H36N4O4/c1-5-6-15-22(24(33)26(34)31-23-16-17-29-32-23)30-27(35)36-25(28(2,3)4)21-14-10-13-20(18-21)19-11-8-7-9-12-19/h7-14,16-18,22,24-25,33H,5-6,15H2,1-4H3,(H,30,35)(H2,29,31,32,34)/t22-,24-,25?/m0/s1. The highest BCUT2D eigenvalue weighted by molar-refractivity contribution is 5.94. The van der Waals surface area contributed by atoms with E-state index in [1.165, 1.54) is 6.20 Å². The topological polar surface area (TPSA) is 116 Å². The maximum Gasteiger partial charge on any atom is 0.408 e. The summed E-state index contributed by atoms with van der Waals surface area (Å²) < 4.78 is 5.93. The molecule has 1 unspecified atom stereocenters. The van der Waals surface area contributed by atoms with Crippen LogP contribution in [0.5, 0.6) is 0 Å². The summed E-state index contributed by atoms with van der Waals surface area (Å²) in [5.41, 5.74) is 2.56. The quantitative estimate of drug-likeness (QED) is 0.300. The van der Waals surface area contributed by atoms with Crippen molar-refractivity contribution in [3.63, 3.8) is 0 Å². The highest BCUT2D eigenvalue weighted by Crippen LogP contribution is 2.37. The van der Waals surface area contributed by atoms with Crippen LogP contribution >= 0.6 is 0 Å². The van der Waals surface area contributed by atoms with Crippen molar-refractivity contribution >= 4 is 17.8 Å². The fourth-order valence-corrected chi connectivity index (χ4v) is 4.00. The highest BCUT2D eigenvalue weighted by atomic mass is 16.6. The van der Waals surface area contributed by atoms with E-state index in [2.05, 4.69) is 20.8 Å². The van der Waals surface area contributed by atoms with E-state index in [-0.39, 0.29) is 0 Å². The molecule has 1 aromatic heterocycles. The molecule has 3 rings (SSSR count). The predicted molar refractivity (Wildman–Crippen MR) is 140 cm³/mol. The molecule has 4 N–H and O–H groups in total. The summed E-state index contributed by atoms with van der Waals surface area (Å²) in [6.45, 7) is 8.01. The SMILES string of the molecule is CCCC[C@H](NC(=O)OC(c1cccc(-c2ccccc2)c1)C(C)(C)C)[C@H](O)C(=O)Nc1ccn[nH]1. The number of unbranched alkanes of at least 4 members (excludes halogenated alkanes) is 1. The summed E-state index contributed by atoms with van der Waals surface area (Å²) in [5.74, 6) is -0.273. The number of carbonyl (C=O) groups is 2. The van der Waals surface area contributed by atoms with Gasteiger partial charge in [-0.15, -0.1) is 0 Å². The average Bonchev–Trinajstić information content (AvgIpc) is 3.37. The van der Waals surface area contributed by atoms with Crippen molar-refractivity contribution < 1.29 is 19.4 Å². The molecule has 3 aromatic rings. The maximum absolute atomic E-state index is 13.1. The lowest BCUT2D eigenvalue weighted by Crippen LogP contribution is -2.49. The van der Waals surface area contributed by atoms with Crippen LogP contribution in [0.1, 0.15) is 58.6 Å². The van der Waals surface area contributed by atoms with E-state index in [4.69, 9.17) is 4.74 Å². The van der Waals surface area contributed by atoms with E-state index < -0.39 is 35.7 Å². The molecule has 2 aromatic carbocycles. The first-order valence-corrected chi connectivity index (χ1v) is 12.3. The number of amides is 2. The average molecular weight is 493 g/mol. The van der Waals surface area contributed by atoms with E-state index in [0.717, 1.165) is 29.5 Å². The van der Waals surface area contributed by atoms with Gasteiger partial charge in [0.2, 0.25) is 0 Å². The smallest absolute Gasteiger partial charge is 0.408 e. The van der Waals surface area contributed by atoms with Crippen LogP contribution in [-0.2, 0) is 9.53 Å². The Morgan fingerprint density at radius 1 is 1.06 bits per heavy atom. The number of aliphatic hydroxyl groups excluding tert-OH is 1. The Morgan fingerprint density at radius 3 is 2.42 bits per heavy atom. The third-order valence-electron chi connectivity index (χ3n) is 5.89. The number of nitrogens with one attached hydrogen (secondary N) is 3. The van der Waals surface area contributed by atoms with E-state index in [1.54, 1.807) is 6.07 Å². The lowest BCUT2D eigenvalue weighted by Gasteiger charge is -2.32. The first kappa shape index (κ1) is 26.9. The second-order valence-corrected chi connectivity index (χ2v) is 9.94. The Bertz CT molecular complexity index is 1110. The van der Waals surface area contributed by atoms with Crippen LogP contribution in [0.25, 0.3) is 11.1 Å². The zero-order chi connectivity index (χ0) is 26.1. The molecule has 1 heterocycles. The number of rotatable bonds is 10. The number of hydrogen-bond acceptors (Lipinski definition) is 5. The molecule has 0 spiro atoms. The zero-order valence-corrected chi connectivity index (χ0v) is 21.3. The van der Waals surface area contributed by atoms with Gasteiger partial charge in [-0.1, -0.05) is 89.1 Å². The summed E-state index contributed by atoms with van der Waals surface area (Å²) in [4.78, 5) is 25.6. The molecule has 0 aliphatic rings. The van der Waals surface area contributed by atoms with Gasteiger partial charge in [0.25, 0.3) is 5.91 Å². The molecule has 36 heavy (non-hydrogen) atoms. The maximum atomic E-state index is 13.1. The van der Waals surface area contributed by atoms with Gasteiger partial charge < -0.3 is 20.5 Å². The number of anilines is 1. The van der Waals surface area contributed by atoms with Crippen LogP contribution in [0.3, 0.4) is 0 Å². The molecule has 0 fully saturated rings. The normalized spacial score (nSPS) is 13.9. The number of aromatic nitrogens is 2. The number of carbonyl (C=O) groups excluding carboxylic acids is 2. The van der Waals surface area contributed by atoms with Crippen molar-refractivity contribution in [1.29, 1.82) is 0 Å². The molecule has 0 saturated carbocycles. The lowest BCUT2D eigenvalue weighted by atomic mass is 9.84. The van der Waals surface area contributed by atoms with Crippen LogP contribution in [-0.4, -0.2) is 39.5 Å². The van der Waals surface area contributed by atoms with Gasteiger partial charge in [0.1, 0.15) is 11.9 Å². The van der Waals surface area contributed by atoms with E-state index in [1.807, 2.05) is 82.3 Å². The summed E-state index contributed by atoms with van der Waals surface area (Å²) in [5, 5.41) is 22.4. The van der Waals surface area contributed by atoms with Crippen molar-refractivity contribution in [2.45, 2.75) is 65.2 Å². The van der Waals surface area contributed by atoms with Crippen LogP contribution in [0.2, 0.25) is 0 Å². The Labute approximate surface area is 212 Å². The zero-order valence-electron chi connectivity index (χ0n) is 21.3. The van der Waals surface area contributed by atoms with E-state index >= 15 is 0 Å². The van der Waals surface area contributed by atoms with Crippen LogP contribution in [0.4, 0.5) is 10.6 Å². The van der Waals surface area contributed by atoms with Crippen molar-refractivity contribution in [2.24, 2.45) is 5.41 Å². The Hall–Kier alpha value is -3.65. The van der Waals surface area contributed by atoms with Crippen molar-refractivity contribution in [1.82, 2.24) is 15.5 Å². The molecule has 8 nitrogen and oxygen atoms in total. The number of nitrogens with zero attached hydrogens (tertiary/aromatic N) is 1. The fraction of sp³-hybridized carbons (Fsp3) is 0.393. The third kappa shape index (κ3) is 7.42. The second-order valence-electron chi connectivity index (χ2n) is 9.94. The minimum absolute atomic E-state index is 0.363. The molecule has 0 saturated heterocycles. The first-order valence-electron chi connectivity index (χ1n) is 12.3. The van der Waals surface area contributed by atoms with Gasteiger partial charge in [-0.25, -0.2) is 4.79 Å². The molecule has 2 amide bonds. The van der Waals surface area contributed by atoms with Gasteiger partial charge >= 0.3 is 6.09 Å². The van der Waals surface area contributed by atoms with E-state index in [9.17, 15) is 14.7 Å². The van der Waals surface area contributed by atoms with Gasteiger partial charge in [0.05, 0.1) is 12.2 Å². The summed E-state index contributed by atoms with van der Waals surface area (Å²) in [6.07, 6.45) is 0.791. The van der Waals surface area contributed by atoms with Gasteiger partial charge in [0, 0.05) is 11.5 Å². The predicted octanol–water partition coefficient (Wildman–Crippen LogP) is 5.45. The minimum atomic E-state index is -1.46. The second kappa shape index (κ2) is 12.4. The Morgan fingerprint density at radius 2 is 1.78 bits per heavy atom. The van der Waals surface area contributed by atoms with Crippen LogP contribution in [0.15, 0.2) is 66.9 Å². The minimum Gasteiger partial charge on any atom is -0.441 e. The molecular weight excluding hydrogens is 456 g/mol. The number of benzene rings is 2. The number of hydrogen-bond donors (Lipinski definition) is 4. The van der Waals surface area contributed by atoms with Crippen molar-refractivity contribution in [2.75, 3.05) is 5.32 Å². The summed E-state index contributed by atoms with van der Waals surface area (Å²) in [7, 11) is 0. The largest absolute Gasteiger partial charge is 0.441 e. The summed E-state index contributed by atoms with van der Waals surface area (Å²) >= 11 is 0. The van der Waals surface area contributed by atoms with Gasteiger partial charge in [0.15, 0.2) is 6.10 Å². The van der Waals surface area contributed by atoms with Gasteiger partial charge in [-0.05, 0) is 29.2 Å². The van der Waals surface area contributed by atoms with Gasteiger partial charge in [-0.2, -0.15) is 5.10 Å². The molecule has 0 radical (unpaired) electrons. The van der Waals surface area contributed by atoms with Crippen LogP contribution in [0, 0.1) is 5.41 Å². The molecular formula is C28H36N4O4. The summed E-state index contributed by atoms with van der Waals surface area (Å²) in [6, 6.07) is 18.7. The highest BCUT2D eigenvalue weighted by Gasteiger charge is 2.33. The van der Waals surface area contributed by atoms with E-state index in [0.29, 0.717) is 12.2 Å². The molecule has 0 aliphatic carbocycles. The van der Waals surface area contributed by atoms with Crippen molar-refractivity contribution in [3.05, 3.63) is 72.4 Å². The number of aromatic amines is 1. The van der Waals surface area contributed by atoms with Crippen molar-refractivity contribution in [3.8, 4) is 11.1 Å². The first-order chi connectivity index (χ1) is 17.2.